The van der Waals surface area contributed by atoms with Crippen molar-refractivity contribution in [3.8, 4) is 0 Å². The third kappa shape index (κ3) is 3.17. The predicted molar refractivity (Wildman–Crippen MR) is 70.1 cm³/mol. The molecule has 1 unspecified atom stereocenters. The van der Waals surface area contributed by atoms with Crippen LogP contribution in [0.3, 0.4) is 0 Å². The molecule has 1 aliphatic rings. The van der Waals surface area contributed by atoms with E-state index >= 15 is 0 Å². The van der Waals surface area contributed by atoms with E-state index in [9.17, 15) is 8.42 Å². The van der Waals surface area contributed by atoms with Gasteiger partial charge in [0, 0.05) is 31.6 Å². The Morgan fingerprint density at radius 1 is 1.58 bits per heavy atom. The molecule has 0 amide bonds. The summed E-state index contributed by atoms with van der Waals surface area (Å²) in [4.78, 5) is 2.95. The Balaban J connectivity index is 2.14. The van der Waals surface area contributed by atoms with Gasteiger partial charge in [0.15, 0.2) is 0 Å². The summed E-state index contributed by atoms with van der Waals surface area (Å²) in [6.45, 7) is 3.23. The zero-order valence-electron chi connectivity index (χ0n) is 11.0. The zero-order valence-corrected chi connectivity index (χ0v) is 11.8. The first-order valence-electron chi connectivity index (χ1n) is 6.47. The second-order valence-electron chi connectivity index (χ2n) is 4.60. The summed E-state index contributed by atoms with van der Waals surface area (Å²) in [5, 5.41) is 8.98. The highest BCUT2D eigenvalue weighted by atomic mass is 32.2. The lowest BCUT2D eigenvalue weighted by molar-refractivity contribution is 0.0265. The van der Waals surface area contributed by atoms with Crippen molar-refractivity contribution in [2.75, 3.05) is 19.7 Å². The van der Waals surface area contributed by atoms with Crippen molar-refractivity contribution >= 4 is 10.0 Å². The highest BCUT2D eigenvalue weighted by Gasteiger charge is 2.31. The normalized spacial score (nSPS) is 21.7. The maximum Gasteiger partial charge on any atom is 0.244 e. The first kappa shape index (κ1) is 14.5. The van der Waals surface area contributed by atoms with Crippen molar-refractivity contribution in [2.24, 2.45) is 0 Å². The lowest BCUT2D eigenvalue weighted by atomic mass is 10.1. The fourth-order valence-corrected chi connectivity index (χ4v) is 3.83. The van der Waals surface area contributed by atoms with Crippen LogP contribution in [0.5, 0.6) is 0 Å². The van der Waals surface area contributed by atoms with Crippen LogP contribution in [0.4, 0.5) is 0 Å². The fourth-order valence-electron chi connectivity index (χ4n) is 2.30. The van der Waals surface area contributed by atoms with Crippen molar-refractivity contribution in [3.05, 3.63) is 18.0 Å². The number of aliphatic hydroxyl groups excluding tert-OH is 1. The van der Waals surface area contributed by atoms with Gasteiger partial charge in [-0.05, 0) is 25.8 Å². The summed E-state index contributed by atoms with van der Waals surface area (Å²) >= 11 is 0. The quantitative estimate of drug-likeness (QED) is 0.835. The molecule has 19 heavy (non-hydrogen) atoms. The van der Waals surface area contributed by atoms with Crippen molar-refractivity contribution < 1.29 is 18.3 Å². The second kappa shape index (κ2) is 6.04. The van der Waals surface area contributed by atoms with Gasteiger partial charge in [0.05, 0.1) is 17.6 Å². The Kier molecular flexibility index (Phi) is 4.62. The zero-order chi connectivity index (χ0) is 13.9. The van der Waals surface area contributed by atoms with E-state index in [2.05, 4.69) is 4.98 Å². The highest BCUT2D eigenvalue weighted by Crippen LogP contribution is 2.22. The Morgan fingerprint density at radius 3 is 3.00 bits per heavy atom. The fraction of sp³-hybridized carbons (Fsp3) is 0.667. The van der Waals surface area contributed by atoms with Crippen molar-refractivity contribution in [1.29, 1.82) is 0 Å². The second-order valence-corrected chi connectivity index (χ2v) is 6.54. The van der Waals surface area contributed by atoms with E-state index in [-0.39, 0.29) is 17.6 Å². The SMILES string of the molecule is CCOC1CCCN(S(=O)(=O)c2c[nH]c(CO)c2)C1. The molecule has 2 N–H and O–H groups in total. The number of hydrogen-bond acceptors (Lipinski definition) is 4. The summed E-state index contributed by atoms with van der Waals surface area (Å²) in [5.74, 6) is 0. The van der Waals surface area contributed by atoms with Crippen LogP contribution in [-0.4, -0.2) is 48.6 Å². The monoisotopic (exact) mass is 288 g/mol. The number of hydrogen-bond donors (Lipinski definition) is 2. The lowest BCUT2D eigenvalue weighted by Crippen LogP contribution is -2.43. The molecule has 1 saturated heterocycles. The Bertz CT molecular complexity index is 510. The number of ether oxygens (including phenoxy) is 1. The summed E-state index contributed by atoms with van der Waals surface area (Å²) in [5.41, 5.74) is 0.497. The Hall–Kier alpha value is -0.890. The number of aromatic nitrogens is 1. The van der Waals surface area contributed by atoms with Gasteiger partial charge in [0.1, 0.15) is 0 Å². The minimum absolute atomic E-state index is 0.0234. The van der Waals surface area contributed by atoms with Crippen LogP contribution < -0.4 is 0 Å². The number of aromatic amines is 1. The molecular weight excluding hydrogens is 268 g/mol. The number of nitrogens with zero attached hydrogens (tertiary/aromatic N) is 1. The standard InChI is InChI=1S/C12H20N2O4S/c1-2-18-11-4-3-5-14(8-11)19(16,17)12-6-10(9-15)13-7-12/h6-7,11,13,15H,2-5,8-9H2,1H3. The third-order valence-corrected chi connectivity index (χ3v) is 5.11. The summed E-state index contributed by atoms with van der Waals surface area (Å²) in [7, 11) is -3.49. The molecule has 1 atom stereocenters. The van der Waals surface area contributed by atoms with Crippen LogP contribution in [-0.2, 0) is 21.4 Å². The third-order valence-electron chi connectivity index (χ3n) is 3.27. The van der Waals surface area contributed by atoms with Gasteiger partial charge >= 0.3 is 0 Å². The van der Waals surface area contributed by atoms with E-state index in [0.29, 0.717) is 25.4 Å². The minimum atomic E-state index is -3.49. The van der Waals surface area contributed by atoms with Crippen LogP contribution in [0.1, 0.15) is 25.5 Å². The predicted octanol–water partition coefficient (Wildman–Crippen LogP) is 0.697. The van der Waals surface area contributed by atoms with E-state index in [4.69, 9.17) is 9.84 Å². The van der Waals surface area contributed by atoms with Crippen molar-refractivity contribution in [2.45, 2.75) is 37.4 Å². The molecular formula is C12H20N2O4S. The van der Waals surface area contributed by atoms with E-state index in [0.717, 1.165) is 12.8 Å². The molecule has 2 heterocycles. The van der Waals surface area contributed by atoms with Gasteiger partial charge in [-0.25, -0.2) is 8.42 Å². The number of piperidine rings is 1. The molecule has 1 aliphatic heterocycles. The van der Waals surface area contributed by atoms with Gasteiger partial charge in [0.25, 0.3) is 0 Å². The van der Waals surface area contributed by atoms with Crippen molar-refractivity contribution in [3.63, 3.8) is 0 Å². The molecule has 0 radical (unpaired) electrons. The Labute approximate surface area is 113 Å². The highest BCUT2D eigenvalue weighted by molar-refractivity contribution is 7.89. The first-order valence-corrected chi connectivity index (χ1v) is 7.92. The minimum Gasteiger partial charge on any atom is -0.390 e. The van der Waals surface area contributed by atoms with Gasteiger partial charge in [-0.3, -0.25) is 0 Å². The van der Waals surface area contributed by atoms with Gasteiger partial charge < -0.3 is 14.8 Å². The number of aliphatic hydroxyl groups is 1. The summed E-state index contributed by atoms with van der Waals surface area (Å²) < 4.78 is 31.8. The van der Waals surface area contributed by atoms with Gasteiger partial charge in [0.2, 0.25) is 10.0 Å². The van der Waals surface area contributed by atoms with Gasteiger partial charge in [-0.1, -0.05) is 0 Å². The molecule has 0 saturated carbocycles. The smallest absolute Gasteiger partial charge is 0.244 e. The molecule has 0 spiro atoms. The molecule has 1 fully saturated rings. The van der Waals surface area contributed by atoms with Crippen LogP contribution in [0.25, 0.3) is 0 Å². The van der Waals surface area contributed by atoms with Crippen LogP contribution in [0.15, 0.2) is 17.2 Å². The van der Waals surface area contributed by atoms with E-state index in [1.807, 2.05) is 6.92 Å². The van der Waals surface area contributed by atoms with E-state index < -0.39 is 10.0 Å². The molecule has 0 aliphatic carbocycles. The average Bonchev–Trinajstić information content (AvgIpc) is 2.89. The van der Waals surface area contributed by atoms with Crippen LogP contribution in [0, 0.1) is 0 Å². The molecule has 1 aromatic heterocycles. The molecule has 1 aromatic rings. The largest absolute Gasteiger partial charge is 0.390 e. The molecule has 2 rings (SSSR count). The van der Waals surface area contributed by atoms with E-state index in [1.165, 1.54) is 16.6 Å². The molecule has 108 valence electrons. The lowest BCUT2D eigenvalue weighted by Gasteiger charge is -2.31. The van der Waals surface area contributed by atoms with E-state index in [1.54, 1.807) is 0 Å². The molecule has 6 nitrogen and oxygen atoms in total. The topological polar surface area (TPSA) is 82.6 Å². The maximum absolute atomic E-state index is 12.4. The summed E-state index contributed by atoms with van der Waals surface area (Å²) in [6.07, 6.45) is 3.10. The Morgan fingerprint density at radius 2 is 2.37 bits per heavy atom. The number of H-pyrrole nitrogens is 1. The molecule has 0 aromatic carbocycles. The molecule has 7 heteroatoms. The van der Waals surface area contributed by atoms with Crippen LogP contribution in [0.2, 0.25) is 0 Å². The average molecular weight is 288 g/mol. The number of rotatable bonds is 5. The van der Waals surface area contributed by atoms with Crippen LogP contribution >= 0.6 is 0 Å². The first-order chi connectivity index (χ1) is 9.07. The van der Waals surface area contributed by atoms with Gasteiger partial charge in [-0.2, -0.15) is 4.31 Å². The van der Waals surface area contributed by atoms with Gasteiger partial charge in [-0.15, -0.1) is 0 Å². The maximum atomic E-state index is 12.4. The summed E-state index contributed by atoms with van der Waals surface area (Å²) in [6, 6.07) is 1.47. The van der Waals surface area contributed by atoms with Crippen molar-refractivity contribution in [1.82, 2.24) is 9.29 Å². The molecule has 0 bridgehead atoms. The number of nitrogens with one attached hydrogen (secondary N) is 1. The number of sulfonamides is 1.